The second-order valence-electron chi connectivity index (χ2n) is 5.74. The van der Waals surface area contributed by atoms with E-state index in [1.807, 2.05) is 19.1 Å². The molecule has 3 rings (SSSR count). The highest BCUT2D eigenvalue weighted by Crippen LogP contribution is 2.43. The molecule has 0 aromatic heterocycles. The van der Waals surface area contributed by atoms with Gasteiger partial charge in [0.15, 0.2) is 5.71 Å². The number of carboxylic acid groups (broad SMARTS) is 1. The van der Waals surface area contributed by atoms with Crippen LogP contribution in [0.15, 0.2) is 47.6 Å². The van der Waals surface area contributed by atoms with Crippen molar-refractivity contribution in [1.82, 2.24) is 0 Å². The molecule has 1 aliphatic rings. The van der Waals surface area contributed by atoms with Crippen molar-refractivity contribution in [3.8, 4) is 0 Å². The van der Waals surface area contributed by atoms with Crippen LogP contribution < -0.4 is 5.01 Å². The van der Waals surface area contributed by atoms with Gasteiger partial charge >= 0.3 is 5.97 Å². The van der Waals surface area contributed by atoms with Crippen LogP contribution in [0.3, 0.4) is 0 Å². The summed E-state index contributed by atoms with van der Waals surface area (Å²) in [6, 6.07) is 12.1. The zero-order valence-corrected chi connectivity index (χ0v) is 15.6. The third-order valence-corrected chi connectivity index (χ3v) is 5.03. The largest absolute Gasteiger partial charge is 0.477 e. The first-order valence-corrected chi connectivity index (χ1v) is 8.87. The van der Waals surface area contributed by atoms with E-state index in [1.54, 1.807) is 35.3 Å². The Labute approximate surface area is 160 Å². The fourth-order valence-corrected chi connectivity index (χ4v) is 3.72. The molecule has 0 saturated heterocycles. The zero-order chi connectivity index (χ0) is 18.1. The standard InChI is InChI=1S/C18H15Cl3N2O2/c1-2-13-16(18(24)25)22-23(15-8-7-12(20)9-14(15)21)17(13)10-3-5-11(19)6-4-10/h3-9,13,17H,2H2,1H3,(H,24,25)/t13-,17+/m0/s1. The Hall–Kier alpha value is -1.75. The summed E-state index contributed by atoms with van der Waals surface area (Å²) < 4.78 is 0. The Bertz CT molecular complexity index is 837. The number of anilines is 1. The average Bonchev–Trinajstić information content (AvgIpc) is 2.95. The van der Waals surface area contributed by atoms with Gasteiger partial charge < -0.3 is 5.11 Å². The van der Waals surface area contributed by atoms with Gasteiger partial charge in [0.25, 0.3) is 0 Å². The van der Waals surface area contributed by atoms with E-state index in [1.165, 1.54) is 0 Å². The highest BCUT2D eigenvalue weighted by atomic mass is 35.5. The molecule has 0 fully saturated rings. The van der Waals surface area contributed by atoms with Gasteiger partial charge in [0, 0.05) is 16.0 Å². The predicted octanol–water partition coefficient (Wildman–Crippen LogP) is 5.67. The van der Waals surface area contributed by atoms with E-state index in [0.717, 1.165) is 5.56 Å². The van der Waals surface area contributed by atoms with E-state index < -0.39 is 5.97 Å². The van der Waals surface area contributed by atoms with Crippen molar-refractivity contribution in [1.29, 1.82) is 0 Å². The number of halogens is 3. The predicted molar refractivity (Wildman–Crippen MR) is 102 cm³/mol. The van der Waals surface area contributed by atoms with Gasteiger partial charge in [0.05, 0.1) is 16.8 Å². The number of hydrogen-bond donors (Lipinski definition) is 1. The molecule has 2 aromatic carbocycles. The van der Waals surface area contributed by atoms with Crippen LogP contribution >= 0.6 is 34.8 Å². The summed E-state index contributed by atoms with van der Waals surface area (Å²) in [5.74, 6) is -1.30. The lowest BCUT2D eigenvalue weighted by Crippen LogP contribution is -2.27. The van der Waals surface area contributed by atoms with Crippen LogP contribution in [-0.2, 0) is 4.79 Å². The first-order valence-electron chi connectivity index (χ1n) is 7.74. The third-order valence-electron chi connectivity index (χ3n) is 4.24. The van der Waals surface area contributed by atoms with Crippen molar-refractivity contribution in [2.24, 2.45) is 11.0 Å². The summed E-state index contributed by atoms with van der Waals surface area (Å²) in [5.41, 5.74) is 1.65. The minimum atomic E-state index is -1.03. The molecule has 4 nitrogen and oxygen atoms in total. The number of carboxylic acids is 1. The Balaban J connectivity index is 2.13. The highest BCUT2D eigenvalue weighted by molar-refractivity contribution is 6.38. The summed E-state index contributed by atoms with van der Waals surface area (Å²) in [6.45, 7) is 1.94. The first kappa shape index (κ1) is 18.1. The number of rotatable bonds is 4. The Kier molecular flexibility index (Phi) is 5.23. The van der Waals surface area contributed by atoms with E-state index in [9.17, 15) is 9.90 Å². The normalized spacial score (nSPS) is 19.8. The maximum Gasteiger partial charge on any atom is 0.352 e. The molecule has 0 aliphatic carbocycles. The summed E-state index contributed by atoms with van der Waals surface area (Å²) in [4.78, 5) is 11.7. The molecule has 7 heteroatoms. The van der Waals surface area contributed by atoms with Gasteiger partial charge in [0.1, 0.15) is 0 Å². The Morgan fingerprint density at radius 1 is 1.12 bits per heavy atom. The van der Waals surface area contributed by atoms with E-state index in [4.69, 9.17) is 34.8 Å². The number of benzene rings is 2. The zero-order valence-electron chi connectivity index (χ0n) is 13.3. The molecular weight excluding hydrogens is 383 g/mol. The minimum Gasteiger partial charge on any atom is -0.477 e. The molecule has 0 unspecified atom stereocenters. The van der Waals surface area contributed by atoms with Gasteiger partial charge in [-0.3, -0.25) is 5.01 Å². The van der Waals surface area contributed by atoms with Crippen LogP contribution in [0.2, 0.25) is 15.1 Å². The number of hydrogen-bond acceptors (Lipinski definition) is 3. The van der Waals surface area contributed by atoms with Crippen molar-refractivity contribution in [2.75, 3.05) is 5.01 Å². The molecule has 0 spiro atoms. The van der Waals surface area contributed by atoms with Gasteiger partial charge in [-0.2, -0.15) is 5.10 Å². The van der Waals surface area contributed by atoms with E-state index >= 15 is 0 Å². The molecule has 0 bridgehead atoms. The summed E-state index contributed by atoms with van der Waals surface area (Å²) >= 11 is 18.3. The van der Waals surface area contributed by atoms with Crippen LogP contribution in [0.25, 0.3) is 0 Å². The molecule has 1 N–H and O–H groups in total. The molecule has 25 heavy (non-hydrogen) atoms. The SMILES string of the molecule is CC[C@H]1C(C(=O)O)=NN(c2ccc(Cl)cc2Cl)[C@@H]1c1ccc(Cl)cc1. The van der Waals surface area contributed by atoms with E-state index in [2.05, 4.69) is 5.10 Å². The molecule has 1 heterocycles. The topological polar surface area (TPSA) is 52.9 Å². The fourth-order valence-electron chi connectivity index (χ4n) is 3.09. The van der Waals surface area contributed by atoms with E-state index in [-0.39, 0.29) is 17.7 Å². The molecule has 0 radical (unpaired) electrons. The minimum absolute atomic E-state index is 0.119. The van der Waals surface area contributed by atoms with Crippen molar-refractivity contribution < 1.29 is 9.90 Å². The molecule has 2 atom stereocenters. The van der Waals surface area contributed by atoms with Gasteiger partial charge in [-0.05, 0) is 42.3 Å². The van der Waals surface area contributed by atoms with E-state index in [0.29, 0.717) is 27.2 Å². The third kappa shape index (κ3) is 3.47. The molecule has 0 amide bonds. The molecule has 130 valence electrons. The lowest BCUT2D eigenvalue weighted by molar-refractivity contribution is -0.129. The quantitative estimate of drug-likeness (QED) is 0.722. The van der Waals surface area contributed by atoms with Crippen LogP contribution in [0.4, 0.5) is 5.69 Å². The molecular formula is C18H15Cl3N2O2. The summed E-state index contributed by atoms with van der Waals surface area (Å²) in [5, 5.41) is 17.1. The molecule has 2 aromatic rings. The van der Waals surface area contributed by atoms with Gasteiger partial charge in [0.2, 0.25) is 0 Å². The van der Waals surface area contributed by atoms with Crippen LogP contribution in [-0.4, -0.2) is 16.8 Å². The number of hydrazone groups is 1. The molecule has 1 aliphatic heterocycles. The first-order chi connectivity index (χ1) is 11.9. The monoisotopic (exact) mass is 396 g/mol. The van der Waals surface area contributed by atoms with Crippen LogP contribution in [0, 0.1) is 5.92 Å². The fraction of sp³-hybridized carbons (Fsp3) is 0.222. The average molecular weight is 398 g/mol. The molecule has 0 saturated carbocycles. The lowest BCUT2D eigenvalue weighted by Gasteiger charge is -2.28. The smallest absolute Gasteiger partial charge is 0.352 e. The van der Waals surface area contributed by atoms with Gasteiger partial charge in [-0.15, -0.1) is 0 Å². The second kappa shape index (κ2) is 7.24. The Morgan fingerprint density at radius 3 is 2.32 bits per heavy atom. The van der Waals surface area contributed by atoms with Crippen LogP contribution in [0.5, 0.6) is 0 Å². The maximum atomic E-state index is 11.7. The van der Waals surface area contributed by atoms with Crippen molar-refractivity contribution in [3.05, 3.63) is 63.1 Å². The summed E-state index contributed by atoms with van der Waals surface area (Å²) in [6.07, 6.45) is 0.625. The van der Waals surface area contributed by atoms with Crippen molar-refractivity contribution in [2.45, 2.75) is 19.4 Å². The second-order valence-corrected chi connectivity index (χ2v) is 7.02. The lowest BCUT2D eigenvalue weighted by atomic mass is 9.88. The van der Waals surface area contributed by atoms with Crippen molar-refractivity contribution in [3.63, 3.8) is 0 Å². The maximum absolute atomic E-state index is 11.7. The number of nitrogens with zero attached hydrogens (tertiary/aromatic N) is 2. The number of aliphatic carboxylic acids is 1. The van der Waals surface area contributed by atoms with Gasteiger partial charge in [-0.1, -0.05) is 53.9 Å². The van der Waals surface area contributed by atoms with Crippen LogP contribution in [0.1, 0.15) is 24.9 Å². The summed E-state index contributed by atoms with van der Waals surface area (Å²) in [7, 11) is 0. The Morgan fingerprint density at radius 2 is 1.76 bits per heavy atom. The highest BCUT2D eigenvalue weighted by Gasteiger charge is 2.41. The van der Waals surface area contributed by atoms with Crippen molar-refractivity contribution >= 4 is 52.2 Å². The van der Waals surface area contributed by atoms with Gasteiger partial charge in [-0.25, -0.2) is 4.79 Å². The number of carbonyl (C=O) groups is 1.